The monoisotopic (exact) mass is 224 g/mol. The Hall–Kier alpha value is -2.01. The van der Waals surface area contributed by atoms with Gasteiger partial charge in [0.1, 0.15) is 0 Å². The molecule has 1 fully saturated rings. The Balaban J connectivity index is 2.06. The second kappa shape index (κ2) is 5.91. The number of hydrogen-bond donors (Lipinski definition) is 0. The van der Waals surface area contributed by atoms with Gasteiger partial charge in [0.05, 0.1) is 11.6 Å². The predicted octanol–water partition coefficient (Wildman–Crippen LogP) is 3.20. The van der Waals surface area contributed by atoms with Crippen molar-refractivity contribution < 1.29 is 0 Å². The van der Waals surface area contributed by atoms with Gasteiger partial charge in [-0.05, 0) is 36.8 Å². The van der Waals surface area contributed by atoms with Gasteiger partial charge in [-0.1, -0.05) is 30.3 Å². The molecule has 2 rings (SSSR count). The van der Waals surface area contributed by atoms with E-state index in [0.717, 1.165) is 18.7 Å². The third kappa shape index (κ3) is 3.22. The maximum absolute atomic E-state index is 9.11. The molecule has 0 radical (unpaired) electrons. The number of hydrogen-bond acceptors (Lipinski definition) is 2. The topological polar surface area (TPSA) is 27.0 Å². The number of allylic oxidation sites excluding steroid dienone is 3. The third-order valence-electron chi connectivity index (χ3n) is 2.91. The molecule has 86 valence electrons. The molecule has 0 bridgehead atoms. The summed E-state index contributed by atoms with van der Waals surface area (Å²) in [6.07, 6.45) is 8.48. The molecular formula is C15H16N2. The van der Waals surface area contributed by atoms with Crippen molar-refractivity contribution in [2.45, 2.75) is 12.8 Å². The molecule has 0 saturated carbocycles. The molecule has 1 aromatic rings. The van der Waals surface area contributed by atoms with Gasteiger partial charge in [0.15, 0.2) is 0 Å². The summed E-state index contributed by atoms with van der Waals surface area (Å²) in [5, 5.41) is 9.11. The number of rotatable bonds is 3. The average molecular weight is 224 g/mol. The molecule has 0 unspecified atom stereocenters. The van der Waals surface area contributed by atoms with Gasteiger partial charge in [-0.2, -0.15) is 5.26 Å². The lowest BCUT2D eigenvalue weighted by molar-refractivity contribution is 0.468. The van der Waals surface area contributed by atoms with Crippen molar-refractivity contribution in [2.24, 2.45) is 0 Å². The van der Waals surface area contributed by atoms with Gasteiger partial charge in [0, 0.05) is 13.1 Å². The summed E-state index contributed by atoms with van der Waals surface area (Å²) in [5.41, 5.74) is 1.68. The van der Waals surface area contributed by atoms with Gasteiger partial charge in [-0.3, -0.25) is 0 Å². The van der Waals surface area contributed by atoms with Crippen LogP contribution in [0.1, 0.15) is 18.4 Å². The van der Waals surface area contributed by atoms with Crippen LogP contribution in [-0.4, -0.2) is 18.0 Å². The predicted molar refractivity (Wildman–Crippen MR) is 70.0 cm³/mol. The summed E-state index contributed by atoms with van der Waals surface area (Å²) in [6, 6.07) is 12.0. The quantitative estimate of drug-likeness (QED) is 0.582. The maximum Gasteiger partial charge on any atom is 0.0997 e. The minimum atomic E-state index is 0.709. The van der Waals surface area contributed by atoms with E-state index in [-0.39, 0.29) is 0 Å². The summed E-state index contributed by atoms with van der Waals surface area (Å²) in [6.45, 7) is 2.27. The van der Waals surface area contributed by atoms with E-state index in [1.165, 1.54) is 12.8 Å². The Morgan fingerprint density at radius 3 is 2.53 bits per heavy atom. The number of nitriles is 1. The standard InChI is InChI=1S/C15H16N2/c16-13-15(14-7-2-1-3-8-14)9-6-12-17-10-4-5-11-17/h1-3,6-9,12H,4-5,10-11H2/b12-6+,15-9-. The van der Waals surface area contributed by atoms with Crippen molar-refractivity contribution in [3.8, 4) is 6.07 Å². The van der Waals surface area contributed by atoms with Crippen LogP contribution in [0, 0.1) is 11.3 Å². The first-order valence-electron chi connectivity index (χ1n) is 5.98. The summed E-state index contributed by atoms with van der Waals surface area (Å²) >= 11 is 0. The lowest BCUT2D eigenvalue weighted by Gasteiger charge is -2.09. The molecule has 1 aliphatic rings. The first kappa shape index (κ1) is 11.5. The number of nitrogens with zero attached hydrogens (tertiary/aromatic N) is 2. The molecule has 1 aliphatic heterocycles. The lowest BCUT2D eigenvalue weighted by atomic mass is 10.1. The van der Waals surface area contributed by atoms with E-state index < -0.39 is 0 Å². The van der Waals surface area contributed by atoms with Gasteiger partial charge < -0.3 is 4.90 Å². The van der Waals surface area contributed by atoms with Crippen LogP contribution in [0.5, 0.6) is 0 Å². The molecule has 0 aliphatic carbocycles. The Bertz CT molecular complexity index is 446. The summed E-state index contributed by atoms with van der Waals surface area (Å²) in [4.78, 5) is 2.29. The van der Waals surface area contributed by atoms with E-state index in [4.69, 9.17) is 5.26 Å². The van der Waals surface area contributed by atoms with E-state index in [2.05, 4.69) is 17.2 Å². The van der Waals surface area contributed by atoms with Crippen molar-refractivity contribution in [3.63, 3.8) is 0 Å². The summed E-state index contributed by atoms with van der Waals surface area (Å²) in [5.74, 6) is 0. The van der Waals surface area contributed by atoms with Gasteiger partial charge in [0.25, 0.3) is 0 Å². The van der Waals surface area contributed by atoms with Crippen molar-refractivity contribution in [1.29, 1.82) is 5.26 Å². The van der Waals surface area contributed by atoms with Crippen LogP contribution < -0.4 is 0 Å². The van der Waals surface area contributed by atoms with E-state index in [0.29, 0.717) is 5.57 Å². The normalized spacial score (nSPS) is 16.4. The minimum Gasteiger partial charge on any atom is -0.377 e. The Morgan fingerprint density at radius 2 is 1.88 bits per heavy atom. The molecule has 1 saturated heterocycles. The van der Waals surface area contributed by atoms with Crippen molar-refractivity contribution in [3.05, 3.63) is 54.2 Å². The first-order chi connectivity index (χ1) is 8.40. The highest BCUT2D eigenvalue weighted by Gasteiger charge is 2.05. The van der Waals surface area contributed by atoms with Crippen LogP contribution in [0.4, 0.5) is 0 Å². The van der Waals surface area contributed by atoms with Crippen LogP contribution in [-0.2, 0) is 0 Å². The zero-order valence-electron chi connectivity index (χ0n) is 9.84. The zero-order chi connectivity index (χ0) is 11.9. The lowest BCUT2D eigenvalue weighted by Crippen LogP contribution is -2.09. The highest BCUT2D eigenvalue weighted by Crippen LogP contribution is 2.13. The number of likely N-dealkylation sites (tertiary alicyclic amines) is 1. The fourth-order valence-corrected chi connectivity index (χ4v) is 1.97. The van der Waals surface area contributed by atoms with Crippen LogP contribution in [0.3, 0.4) is 0 Å². The van der Waals surface area contributed by atoms with Crippen molar-refractivity contribution in [1.82, 2.24) is 4.90 Å². The Morgan fingerprint density at radius 1 is 1.18 bits per heavy atom. The Kier molecular flexibility index (Phi) is 3.99. The summed E-state index contributed by atoms with van der Waals surface area (Å²) < 4.78 is 0. The molecule has 0 spiro atoms. The molecule has 1 heterocycles. The molecule has 0 N–H and O–H groups in total. The van der Waals surface area contributed by atoms with Crippen LogP contribution in [0.15, 0.2) is 48.7 Å². The molecule has 1 aromatic carbocycles. The molecule has 17 heavy (non-hydrogen) atoms. The molecule has 2 heteroatoms. The largest absolute Gasteiger partial charge is 0.377 e. The maximum atomic E-state index is 9.11. The van der Waals surface area contributed by atoms with E-state index >= 15 is 0 Å². The molecule has 0 aromatic heterocycles. The smallest absolute Gasteiger partial charge is 0.0997 e. The molecular weight excluding hydrogens is 208 g/mol. The minimum absolute atomic E-state index is 0.709. The fourth-order valence-electron chi connectivity index (χ4n) is 1.97. The van der Waals surface area contributed by atoms with E-state index in [1.54, 1.807) is 0 Å². The second-order valence-corrected chi connectivity index (χ2v) is 4.14. The summed E-state index contributed by atoms with van der Waals surface area (Å²) in [7, 11) is 0. The highest BCUT2D eigenvalue weighted by atomic mass is 15.1. The average Bonchev–Trinajstić information content (AvgIpc) is 2.89. The van der Waals surface area contributed by atoms with Gasteiger partial charge in [0.2, 0.25) is 0 Å². The second-order valence-electron chi connectivity index (χ2n) is 4.14. The fraction of sp³-hybridized carbons (Fsp3) is 0.267. The molecule has 0 amide bonds. The van der Waals surface area contributed by atoms with E-state index in [9.17, 15) is 0 Å². The Labute approximate surface area is 102 Å². The van der Waals surface area contributed by atoms with Gasteiger partial charge in [-0.25, -0.2) is 0 Å². The van der Waals surface area contributed by atoms with E-state index in [1.807, 2.05) is 42.5 Å². The van der Waals surface area contributed by atoms with Crippen LogP contribution in [0.2, 0.25) is 0 Å². The molecule has 0 atom stereocenters. The SMILES string of the molecule is N#C/C(=C/C=C/N1CCCC1)c1ccccc1. The molecule has 2 nitrogen and oxygen atoms in total. The van der Waals surface area contributed by atoms with Crippen LogP contribution in [0.25, 0.3) is 5.57 Å². The first-order valence-corrected chi connectivity index (χ1v) is 5.98. The highest BCUT2D eigenvalue weighted by molar-refractivity contribution is 5.77. The van der Waals surface area contributed by atoms with Gasteiger partial charge in [-0.15, -0.1) is 0 Å². The van der Waals surface area contributed by atoms with Gasteiger partial charge >= 0.3 is 0 Å². The number of benzene rings is 1. The van der Waals surface area contributed by atoms with Crippen molar-refractivity contribution in [2.75, 3.05) is 13.1 Å². The van der Waals surface area contributed by atoms with Crippen LogP contribution >= 0.6 is 0 Å². The zero-order valence-corrected chi connectivity index (χ0v) is 9.84. The third-order valence-corrected chi connectivity index (χ3v) is 2.91. The van der Waals surface area contributed by atoms with Crippen molar-refractivity contribution >= 4 is 5.57 Å².